The SMILES string of the molecule is CC(=O)Nc1cccc(NC(=O)[C@@H](c2ccccc2)N(C)S(C)(=O)=O)c1. The average Bonchev–Trinajstić information content (AvgIpc) is 2.54. The van der Waals surface area contributed by atoms with Crippen LogP contribution in [0.5, 0.6) is 0 Å². The van der Waals surface area contributed by atoms with Crippen molar-refractivity contribution in [2.75, 3.05) is 23.9 Å². The van der Waals surface area contributed by atoms with Gasteiger partial charge in [0.1, 0.15) is 6.04 Å². The molecule has 7 nitrogen and oxygen atoms in total. The van der Waals surface area contributed by atoms with Gasteiger partial charge < -0.3 is 10.6 Å². The van der Waals surface area contributed by atoms with Crippen molar-refractivity contribution in [3.63, 3.8) is 0 Å². The number of nitrogens with zero attached hydrogens (tertiary/aromatic N) is 1. The molecule has 0 aliphatic rings. The minimum absolute atomic E-state index is 0.229. The molecule has 0 radical (unpaired) electrons. The highest BCUT2D eigenvalue weighted by Crippen LogP contribution is 2.24. The predicted octanol–water partition coefficient (Wildman–Crippen LogP) is 2.22. The lowest BCUT2D eigenvalue weighted by Crippen LogP contribution is -2.38. The first-order valence-electron chi connectivity index (χ1n) is 7.85. The molecular weight excluding hydrogens is 354 g/mol. The first-order valence-corrected chi connectivity index (χ1v) is 9.70. The summed E-state index contributed by atoms with van der Waals surface area (Å²) in [4.78, 5) is 24.0. The highest BCUT2D eigenvalue weighted by Gasteiger charge is 2.30. The van der Waals surface area contributed by atoms with Gasteiger partial charge in [-0.1, -0.05) is 36.4 Å². The number of carbonyl (C=O) groups excluding carboxylic acids is 2. The molecule has 2 aromatic carbocycles. The smallest absolute Gasteiger partial charge is 0.247 e. The maximum absolute atomic E-state index is 12.8. The van der Waals surface area contributed by atoms with Gasteiger partial charge in [0.15, 0.2) is 0 Å². The second-order valence-corrected chi connectivity index (χ2v) is 7.89. The van der Waals surface area contributed by atoms with Gasteiger partial charge in [0.2, 0.25) is 21.8 Å². The summed E-state index contributed by atoms with van der Waals surface area (Å²) < 4.78 is 25.0. The van der Waals surface area contributed by atoms with E-state index in [1.807, 2.05) is 0 Å². The Bertz CT molecular complexity index is 898. The van der Waals surface area contributed by atoms with Gasteiger partial charge in [0.25, 0.3) is 0 Å². The minimum Gasteiger partial charge on any atom is -0.326 e. The van der Waals surface area contributed by atoms with Crippen LogP contribution in [-0.4, -0.2) is 37.8 Å². The second-order valence-electron chi connectivity index (χ2n) is 5.84. The van der Waals surface area contributed by atoms with Crippen molar-refractivity contribution in [1.82, 2.24) is 4.31 Å². The molecule has 0 unspecified atom stereocenters. The molecule has 2 aromatic rings. The monoisotopic (exact) mass is 375 g/mol. The third-order valence-corrected chi connectivity index (χ3v) is 4.96. The standard InChI is InChI=1S/C18H21N3O4S/c1-13(22)19-15-10-7-11-16(12-15)20-18(23)17(21(2)26(3,24)25)14-8-5-4-6-9-14/h4-12,17H,1-3H3,(H,19,22)(H,20,23)/t17-/m1/s1. The molecule has 8 heteroatoms. The van der Waals surface area contributed by atoms with E-state index in [9.17, 15) is 18.0 Å². The molecule has 0 heterocycles. The summed E-state index contributed by atoms with van der Waals surface area (Å²) in [5.74, 6) is -0.725. The van der Waals surface area contributed by atoms with E-state index >= 15 is 0 Å². The molecule has 2 rings (SSSR count). The molecule has 1 atom stereocenters. The maximum atomic E-state index is 12.8. The average molecular weight is 375 g/mol. The zero-order valence-electron chi connectivity index (χ0n) is 14.8. The van der Waals surface area contributed by atoms with Crippen LogP contribution in [0.4, 0.5) is 11.4 Å². The Morgan fingerprint density at radius 1 is 0.962 bits per heavy atom. The molecule has 0 saturated heterocycles. The van der Waals surface area contributed by atoms with Gasteiger partial charge in [0, 0.05) is 25.3 Å². The normalized spacial score (nSPS) is 12.5. The van der Waals surface area contributed by atoms with Crippen LogP contribution in [0.3, 0.4) is 0 Å². The Morgan fingerprint density at radius 3 is 2.08 bits per heavy atom. The van der Waals surface area contributed by atoms with Crippen molar-refractivity contribution in [3.8, 4) is 0 Å². The van der Waals surface area contributed by atoms with E-state index in [1.165, 1.54) is 14.0 Å². The van der Waals surface area contributed by atoms with Crippen molar-refractivity contribution < 1.29 is 18.0 Å². The van der Waals surface area contributed by atoms with E-state index in [2.05, 4.69) is 10.6 Å². The number of nitrogens with one attached hydrogen (secondary N) is 2. The van der Waals surface area contributed by atoms with Gasteiger partial charge in [0.05, 0.1) is 6.26 Å². The van der Waals surface area contributed by atoms with E-state index in [-0.39, 0.29) is 5.91 Å². The van der Waals surface area contributed by atoms with Gasteiger partial charge in [-0.25, -0.2) is 8.42 Å². The summed E-state index contributed by atoms with van der Waals surface area (Å²) in [6.07, 6.45) is 1.05. The van der Waals surface area contributed by atoms with Crippen LogP contribution in [0.15, 0.2) is 54.6 Å². The number of sulfonamides is 1. The molecule has 26 heavy (non-hydrogen) atoms. The van der Waals surface area contributed by atoms with Gasteiger partial charge in [-0.2, -0.15) is 4.31 Å². The fourth-order valence-corrected chi connectivity index (χ4v) is 3.04. The predicted molar refractivity (Wildman–Crippen MR) is 101 cm³/mol. The van der Waals surface area contributed by atoms with Crippen molar-refractivity contribution >= 4 is 33.2 Å². The van der Waals surface area contributed by atoms with Gasteiger partial charge in [-0.05, 0) is 23.8 Å². The maximum Gasteiger partial charge on any atom is 0.247 e. The lowest BCUT2D eigenvalue weighted by Gasteiger charge is -2.25. The van der Waals surface area contributed by atoms with Crippen LogP contribution in [0.25, 0.3) is 0 Å². The lowest BCUT2D eigenvalue weighted by atomic mass is 10.1. The molecule has 0 aliphatic carbocycles. The van der Waals surface area contributed by atoms with E-state index in [1.54, 1.807) is 54.6 Å². The lowest BCUT2D eigenvalue weighted by molar-refractivity contribution is -0.119. The molecule has 0 spiro atoms. The van der Waals surface area contributed by atoms with Gasteiger partial charge >= 0.3 is 0 Å². The number of carbonyl (C=O) groups is 2. The Hall–Kier alpha value is -2.71. The Balaban J connectivity index is 2.31. The Labute approximate surface area is 153 Å². The summed E-state index contributed by atoms with van der Waals surface area (Å²) in [5.41, 5.74) is 1.53. The number of benzene rings is 2. The van der Waals surface area contributed by atoms with Crippen LogP contribution < -0.4 is 10.6 Å². The largest absolute Gasteiger partial charge is 0.326 e. The molecule has 0 aromatic heterocycles. The van der Waals surface area contributed by atoms with Crippen molar-refractivity contribution in [1.29, 1.82) is 0 Å². The number of hydrogen-bond acceptors (Lipinski definition) is 4. The zero-order valence-corrected chi connectivity index (χ0v) is 15.6. The summed E-state index contributed by atoms with van der Waals surface area (Å²) >= 11 is 0. The molecule has 138 valence electrons. The molecule has 0 saturated carbocycles. The van der Waals surface area contributed by atoms with Gasteiger partial charge in [-0.15, -0.1) is 0 Å². The van der Waals surface area contributed by atoms with Crippen molar-refractivity contribution in [2.45, 2.75) is 13.0 Å². The van der Waals surface area contributed by atoms with Crippen LogP contribution in [0.2, 0.25) is 0 Å². The fourth-order valence-electron chi connectivity index (χ4n) is 2.44. The summed E-state index contributed by atoms with van der Waals surface area (Å²) in [5, 5.41) is 5.34. The number of anilines is 2. The minimum atomic E-state index is -3.60. The van der Waals surface area contributed by atoms with Crippen LogP contribution in [0, 0.1) is 0 Å². The third kappa shape index (κ3) is 5.14. The fraction of sp³-hybridized carbons (Fsp3) is 0.222. The quantitative estimate of drug-likeness (QED) is 0.809. The van der Waals surface area contributed by atoms with E-state index < -0.39 is 22.0 Å². The van der Waals surface area contributed by atoms with Gasteiger partial charge in [-0.3, -0.25) is 9.59 Å². The molecular formula is C18H21N3O4S. The van der Waals surface area contributed by atoms with Crippen LogP contribution >= 0.6 is 0 Å². The first kappa shape index (κ1) is 19.6. The number of amides is 2. The highest BCUT2D eigenvalue weighted by molar-refractivity contribution is 7.88. The third-order valence-electron chi connectivity index (χ3n) is 3.70. The van der Waals surface area contributed by atoms with Crippen molar-refractivity contribution in [2.24, 2.45) is 0 Å². The van der Waals surface area contributed by atoms with E-state index in [4.69, 9.17) is 0 Å². The highest BCUT2D eigenvalue weighted by atomic mass is 32.2. The van der Waals surface area contributed by atoms with Crippen LogP contribution in [-0.2, 0) is 19.6 Å². The zero-order chi connectivity index (χ0) is 19.3. The van der Waals surface area contributed by atoms with Crippen molar-refractivity contribution in [3.05, 3.63) is 60.2 Å². The van der Waals surface area contributed by atoms with E-state index in [0.717, 1.165) is 10.6 Å². The number of rotatable bonds is 6. The molecule has 2 N–H and O–H groups in total. The molecule has 0 bridgehead atoms. The molecule has 0 aliphatic heterocycles. The second kappa shape index (κ2) is 8.11. The molecule has 0 fully saturated rings. The number of hydrogen-bond donors (Lipinski definition) is 2. The van der Waals surface area contributed by atoms with Crippen LogP contribution in [0.1, 0.15) is 18.5 Å². The summed E-state index contributed by atoms with van der Waals surface area (Å²) in [7, 11) is -2.23. The summed E-state index contributed by atoms with van der Waals surface area (Å²) in [6, 6.07) is 14.3. The molecule has 2 amide bonds. The summed E-state index contributed by atoms with van der Waals surface area (Å²) in [6.45, 7) is 1.39. The topological polar surface area (TPSA) is 95.6 Å². The first-order chi connectivity index (χ1) is 12.2. The number of likely N-dealkylation sites (N-methyl/N-ethyl adjacent to an activating group) is 1. The van der Waals surface area contributed by atoms with E-state index in [0.29, 0.717) is 16.9 Å². The Kier molecular flexibility index (Phi) is 6.12. The Morgan fingerprint density at radius 2 is 1.54 bits per heavy atom.